The molecule has 0 spiro atoms. The Morgan fingerprint density at radius 2 is 1.72 bits per heavy atom. The van der Waals surface area contributed by atoms with Gasteiger partial charge >= 0.3 is 0 Å². The average Bonchev–Trinajstić information content (AvgIpc) is 3.57. The van der Waals surface area contributed by atoms with Crippen molar-refractivity contribution < 1.29 is 9.15 Å². The molecule has 7 nitrogen and oxygen atoms in total. The van der Waals surface area contributed by atoms with Crippen LogP contribution in [0.2, 0.25) is 0 Å². The molecule has 2 unspecified atom stereocenters. The second-order valence-corrected chi connectivity index (χ2v) is 9.20. The number of nitrogens with one attached hydrogen (secondary N) is 2. The summed E-state index contributed by atoms with van der Waals surface area (Å²) in [6, 6.07) is 9.07. The van der Waals surface area contributed by atoms with Crippen molar-refractivity contribution in [3.63, 3.8) is 0 Å². The Balaban J connectivity index is 0.00000289. The maximum Gasteiger partial charge on any atom is 0.191 e. The SMILES string of the molecule is CN=C(NCC(c1ccc(C)o1)N1CCCC1)NCC(c1cccs1)N1CCOCC1.I. The van der Waals surface area contributed by atoms with E-state index in [1.165, 1.54) is 17.7 Å². The number of likely N-dealkylation sites (tertiary alicyclic amines) is 1. The topological polar surface area (TPSA) is 65.3 Å². The summed E-state index contributed by atoms with van der Waals surface area (Å²) in [5.74, 6) is 2.83. The fourth-order valence-electron chi connectivity index (χ4n) is 4.48. The molecule has 2 fully saturated rings. The van der Waals surface area contributed by atoms with E-state index in [9.17, 15) is 0 Å². The molecule has 0 amide bonds. The third kappa shape index (κ3) is 6.69. The lowest BCUT2D eigenvalue weighted by atomic mass is 10.2. The molecule has 9 heteroatoms. The lowest BCUT2D eigenvalue weighted by Gasteiger charge is -2.34. The van der Waals surface area contributed by atoms with E-state index in [1.807, 2.05) is 25.3 Å². The van der Waals surface area contributed by atoms with Gasteiger partial charge in [0.05, 0.1) is 25.3 Å². The third-order valence-electron chi connectivity index (χ3n) is 6.18. The minimum absolute atomic E-state index is 0. The van der Waals surface area contributed by atoms with Crippen molar-refractivity contribution in [2.45, 2.75) is 31.8 Å². The Morgan fingerprint density at radius 1 is 1.03 bits per heavy atom. The number of furan rings is 1. The number of nitrogens with zero attached hydrogens (tertiary/aromatic N) is 3. The molecular formula is C23H36IN5O2S. The van der Waals surface area contributed by atoms with Gasteiger partial charge in [0.25, 0.3) is 0 Å². The molecule has 32 heavy (non-hydrogen) atoms. The van der Waals surface area contributed by atoms with Crippen LogP contribution in [0.3, 0.4) is 0 Å². The summed E-state index contributed by atoms with van der Waals surface area (Å²) < 4.78 is 11.6. The number of thiophene rings is 1. The molecule has 0 bridgehead atoms. The standard InChI is InChI=1S/C23H35N5O2S.HI/c1-18-7-8-21(30-18)19(27-9-3-4-10-27)16-25-23(24-2)26-17-20(22-6-5-15-31-22)28-11-13-29-14-12-28;/h5-8,15,19-20H,3-4,9-14,16-17H2,1-2H3,(H2,24,25,26);1H. The van der Waals surface area contributed by atoms with Gasteiger partial charge in [0.1, 0.15) is 11.5 Å². The maximum atomic E-state index is 5.99. The maximum absolute atomic E-state index is 5.99. The van der Waals surface area contributed by atoms with Gasteiger partial charge in [0.2, 0.25) is 0 Å². The van der Waals surface area contributed by atoms with Crippen molar-refractivity contribution in [2.75, 3.05) is 59.5 Å². The summed E-state index contributed by atoms with van der Waals surface area (Å²) in [5, 5.41) is 9.28. The fraction of sp³-hybridized carbons (Fsp3) is 0.609. The van der Waals surface area contributed by atoms with Crippen molar-refractivity contribution in [1.82, 2.24) is 20.4 Å². The first-order valence-electron chi connectivity index (χ1n) is 11.3. The number of aryl methyl sites for hydroxylation is 1. The van der Waals surface area contributed by atoms with Gasteiger partial charge in [-0.15, -0.1) is 35.3 Å². The van der Waals surface area contributed by atoms with E-state index in [0.717, 1.165) is 70.0 Å². The predicted molar refractivity (Wildman–Crippen MR) is 141 cm³/mol. The first-order valence-corrected chi connectivity index (χ1v) is 12.2. The molecule has 0 aromatic carbocycles. The zero-order chi connectivity index (χ0) is 21.5. The first kappa shape index (κ1) is 25.5. The third-order valence-corrected chi connectivity index (χ3v) is 7.15. The largest absolute Gasteiger partial charge is 0.465 e. The van der Waals surface area contributed by atoms with Crippen LogP contribution in [0.4, 0.5) is 0 Å². The van der Waals surface area contributed by atoms with Gasteiger partial charge in [-0.05, 0) is 56.4 Å². The summed E-state index contributed by atoms with van der Waals surface area (Å²) in [4.78, 5) is 10.9. The molecule has 0 saturated carbocycles. The van der Waals surface area contributed by atoms with Crippen LogP contribution in [-0.4, -0.2) is 75.3 Å². The number of morpholine rings is 1. The van der Waals surface area contributed by atoms with Crippen LogP contribution in [0.15, 0.2) is 39.1 Å². The highest BCUT2D eigenvalue weighted by Crippen LogP contribution is 2.27. The van der Waals surface area contributed by atoms with Gasteiger partial charge in [-0.25, -0.2) is 0 Å². The highest BCUT2D eigenvalue weighted by molar-refractivity contribution is 14.0. The first-order chi connectivity index (χ1) is 15.2. The molecule has 2 atom stereocenters. The van der Waals surface area contributed by atoms with E-state index < -0.39 is 0 Å². The Morgan fingerprint density at radius 3 is 2.31 bits per heavy atom. The van der Waals surface area contributed by atoms with Crippen molar-refractivity contribution in [2.24, 2.45) is 4.99 Å². The van der Waals surface area contributed by atoms with Gasteiger partial charge in [0, 0.05) is 38.1 Å². The number of hydrogen-bond donors (Lipinski definition) is 2. The van der Waals surface area contributed by atoms with Crippen molar-refractivity contribution in [3.8, 4) is 0 Å². The monoisotopic (exact) mass is 573 g/mol. The Hall–Kier alpha value is -1.14. The molecule has 2 aliphatic rings. The molecular weight excluding hydrogens is 537 g/mol. The van der Waals surface area contributed by atoms with Crippen LogP contribution in [-0.2, 0) is 4.74 Å². The summed E-state index contributed by atoms with van der Waals surface area (Å²) in [6.07, 6.45) is 2.51. The number of aliphatic imine (C=N–C) groups is 1. The molecule has 4 heterocycles. The van der Waals surface area contributed by atoms with Gasteiger partial charge in [-0.3, -0.25) is 14.8 Å². The summed E-state index contributed by atoms with van der Waals surface area (Å²) >= 11 is 1.82. The number of hydrogen-bond acceptors (Lipinski definition) is 6. The Kier molecular flexibility index (Phi) is 10.3. The quantitative estimate of drug-likeness (QED) is 0.286. The van der Waals surface area contributed by atoms with E-state index in [2.05, 4.69) is 55.1 Å². The highest BCUT2D eigenvalue weighted by Gasteiger charge is 2.27. The summed E-state index contributed by atoms with van der Waals surface area (Å²) in [7, 11) is 1.84. The number of guanidine groups is 1. The van der Waals surface area contributed by atoms with Crippen LogP contribution in [0, 0.1) is 6.92 Å². The number of ether oxygens (including phenoxy) is 1. The van der Waals surface area contributed by atoms with E-state index in [1.54, 1.807) is 0 Å². The lowest BCUT2D eigenvalue weighted by molar-refractivity contribution is 0.0177. The van der Waals surface area contributed by atoms with Crippen LogP contribution in [0.5, 0.6) is 0 Å². The fourth-order valence-corrected chi connectivity index (χ4v) is 5.34. The molecule has 2 aromatic rings. The van der Waals surface area contributed by atoms with Crippen molar-refractivity contribution >= 4 is 41.3 Å². The van der Waals surface area contributed by atoms with E-state index >= 15 is 0 Å². The van der Waals surface area contributed by atoms with Crippen molar-refractivity contribution in [3.05, 3.63) is 46.0 Å². The molecule has 2 saturated heterocycles. The van der Waals surface area contributed by atoms with Crippen LogP contribution in [0.1, 0.15) is 41.3 Å². The van der Waals surface area contributed by atoms with E-state index in [0.29, 0.717) is 6.04 Å². The summed E-state index contributed by atoms with van der Waals surface area (Å²) in [6.45, 7) is 9.36. The van der Waals surface area contributed by atoms with Gasteiger partial charge in [0.15, 0.2) is 5.96 Å². The molecule has 0 radical (unpaired) electrons. The highest BCUT2D eigenvalue weighted by atomic mass is 127. The van der Waals surface area contributed by atoms with E-state index in [4.69, 9.17) is 9.15 Å². The van der Waals surface area contributed by atoms with Crippen LogP contribution < -0.4 is 10.6 Å². The zero-order valence-corrected chi connectivity index (χ0v) is 22.2. The molecule has 2 aromatic heterocycles. The minimum atomic E-state index is 0. The Bertz CT molecular complexity index is 816. The van der Waals surface area contributed by atoms with Gasteiger partial charge in [-0.2, -0.15) is 0 Å². The Labute approximate surface area is 212 Å². The minimum Gasteiger partial charge on any atom is -0.465 e. The smallest absolute Gasteiger partial charge is 0.191 e. The summed E-state index contributed by atoms with van der Waals surface area (Å²) in [5.41, 5.74) is 0. The van der Waals surface area contributed by atoms with Crippen LogP contribution >= 0.6 is 35.3 Å². The average molecular weight is 574 g/mol. The normalized spacial score (nSPS) is 20.0. The van der Waals surface area contributed by atoms with Gasteiger partial charge < -0.3 is 19.8 Å². The predicted octanol–water partition coefficient (Wildman–Crippen LogP) is 3.64. The van der Waals surface area contributed by atoms with Gasteiger partial charge in [-0.1, -0.05) is 6.07 Å². The molecule has 178 valence electrons. The number of rotatable bonds is 8. The second kappa shape index (κ2) is 12.9. The van der Waals surface area contributed by atoms with E-state index in [-0.39, 0.29) is 30.0 Å². The second-order valence-electron chi connectivity index (χ2n) is 8.22. The number of halogens is 1. The molecule has 2 aliphatic heterocycles. The lowest BCUT2D eigenvalue weighted by Crippen LogP contribution is -2.47. The molecule has 0 aliphatic carbocycles. The molecule has 4 rings (SSSR count). The van der Waals surface area contributed by atoms with Crippen molar-refractivity contribution in [1.29, 1.82) is 0 Å². The van der Waals surface area contributed by atoms with Crippen LogP contribution in [0.25, 0.3) is 0 Å². The zero-order valence-electron chi connectivity index (χ0n) is 19.1. The molecule has 2 N–H and O–H groups in total.